The van der Waals surface area contributed by atoms with E-state index >= 15 is 0 Å². The van der Waals surface area contributed by atoms with Gasteiger partial charge in [-0.05, 0) is 62.3 Å². The number of nitrogens with two attached hydrogens (primary N) is 1. The molecule has 0 radical (unpaired) electrons. The number of primary amides is 1. The summed E-state index contributed by atoms with van der Waals surface area (Å²) in [5, 5.41) is 9.50. The predicted octanol–water partition coefficient (Wildman–Crippen LogP) is 1.79. The fourth-order valence-corrected chi connectivity index (χ4v) is 5.39. The molecule has 2 amide bonds. The quantitative estimate of drug-likeness (QED) is 0.842. The van der Waals surface area contributed by atoms with Gasteiger partial charge in [-0.1, -0.05) is 0 Å². The first-order chi connectivity index (χ1) is 12.6. The Morgan fingerprint density at radius 3 is 2.62 bits per heavy atom. The molecule has 6 heteroatoms. The van der Waals surface area contributed by atoms with Crippen LogP contribution in [-0.2, 0) is 11.2 Å². The smallest absolute Gasteiger partial charge is 0.248 e. The highest BCUT2D eigenvalue weighted by Crippen LogP contribution is 2.49. The molecular weight excluding hydrogens is 328 g/mol. The number of carbonyl (C=O) groups is 2. The summed E-state index contributed by atoms with van der Waals surface area (Å²) in [6.45, 7) is 0. The van der Waals surface area contributed by atoms with E-state index in [-0.39, 0.29) is 23.9 Å². The Kier molecular flexibility index (Phi) is 3.30. The Morgan fingerprint density at radius 1 is 1.15 bits per heavy atom. The molecule has 3 aliphatic heterocycles. The monoisotopic (exact) mass is 350 g/mol. The number of nitrogens with zero attached hydrogens (tertiary/aromatic N) is 3. The van der Waals surface area contributed by atoms with Crippen molar-refractivity contribution >= 4 is 17.5 Å². The molecule has 4 aliphatic rings. The summed E-state index contributed by atoms with van der Waals surface area (Å²) in [4.78, 5) is 28.6. The van der Waals surface area contributed by atoms with Gasteiger partial charge in [-0.3, -0.25) is 9.59 Å². The standard InChI is InChI=1S/C20H22N4O2/c21-10-23-14-4-6-17(23)15(9-14)18-8-13-7-12(19(22)25)3-5-16(13)24(18)20(26)11-1-2-11/h3,5,7,11,14-15,17-18H,1-2,4,6,8-9H2,(H2,22,25). The molecule has 134 valence electrons. The summed E-state index contributed by atoms with van der Waals surface area (Å²) in [7, 11) is 0. The van der Waals surface area contributed by atoms with Gasteiger partial charge in [0.2, 0.25) is 11.8 Å². The summed E-state index contributed by atoms with van der Waals surface area (Å²) in [6, 6.07) is 6.11. The largest absolute Gasteiger partial charge is 0.366 e. The molecule has 2 N–H and O–H groups in total. The third kappa shape index (κ3) is 2.16. The molecule has 6 nitrogen and oxygen atoms in total. The van der Waals surface area contributed by atoms with Gasteiger partial charge >= 0.3 is 0 Å². The van der Waals surface area contributed by atoms with Crippen LogP contribution in [0.25, 0.3) is 0 Å². The highest BCUT2D eigenvalue weighted by Gasteiger charge is 2.53. The van der Waals surface area contributed by atoms with E-state index in [4.69, 9.17) is 5.73 Å². The zero-order valence-electron chi connectivity index (χ0n) is 14.6. The maximum absolute atomic E-state index is 13.1. The average Bonchev–Trinajstić information content (AvgIpc) is 3.20. The van der Waals surface area contributed by atoms with Crippen molar-refractivity contribution in [3.05, 3.63) is 29.3 Å². The van der Waals surface area contributed by atoms with E-state index in [1.165, 1.54) is 0 Å². The van der Waals surface area contributed by atoms with Gasteiger partial charge in [0.15, 0.2) is 6.19 Å². The lowest BCUT2D eigenvalue weighted by molar-refractivity contribution is -0.120. The van der Waals surface area contributed by atoms with Crippen LogP contribution in [0.15, 0.2) is 18.2 Å². The Morgan fingerprint density at radius 2 is 1.96 bits per heavy atom. The van der Waals surface area contributed by atoms with Crippen molar-refractivity contribution < 1.29 is 9.59 Å². The van der Waals surface area contributed by atoms with Gasteiger partial charge in [0.1, 0.15) is 0 Å². The number of carbonyl (C=O) groups excluding carboxylic acids is 2. The summed E-state index contributed by atoms with van der Waals surface area (Å²) >= 11 is 0. The molecule has 3 fully saturated rings. The van der Waals surface area contributed by atoms with E-state index in [9.17, 15) is 14.9 Å². The van der Waals surface area contributed by atoms with Crippen molar-refractivity contribution in [2.24, 2.45) is 17.6 Å². The van der Waals surface area contributed by atoms with Crippen LogP contribution in [0.4, 0.5) is 5.69 Å². The summed E-state index contributed by atoms with van der Waals surface area (Å²) in [5.74, 6) is 0.240. The van der Waals surface area contributed by atoms with E-state index in [1.807, 2.05) is 21.9 Å². The number of amides is 2. The zero-order valence-corrected chi connectivity index (χ0v) is 14.6. The van der Waals surface area contributed by atoms with E-state index < -0.39 is 5.91 Å². The number of hydrogen-bond donors (Lipinski definition) is 1. The third-order valence-corrected chi connectivity index (χ3v) is 6.74. The molecular formula is C20H22N4O2. The molecule has 3 heterocycles. The van der Waals surface area contributed by atoms with Gasteiger partial charge in [-0.25, -0.2) is 0 Å². The first-order valence-corrected chi connectivity index (χ1v) is 9.52. The van der Waals surface area contributed by atoms with Gasteiger partial charge < -0.3 is 15.5 Å². The minimum absolute atomic E-state index is 0.0902. The Bertz CT molecular complexity index is 841. The molecule has 1 aromatic carbocycles. The van der Waals surface area contributed by atoms with Crippen LogP contribution in [0.3, 0.4) is 0 Å². The topological polar surface area (TPSA) is 90.4 Å². The zero-order chi connectivity index (χ0) is 18.0. The van der Waals surface area contributed by atoms with Crippen molar-refractivity contribution in [1.82, 2.24) is 4.90 Å². The Hall–Kier alpha value is -2.55. The molecule has 0 spiro atoms. The second-order valence-corrected chi connectivity index (χ2v) is 8.17. The molecule has 2 bridgehead atoms. The molecule has 0 aromatic heterocycles. The van der Waals surface area contributed by atoms with Crippen molar-refractivity contribution in [2.45, 2.75) is 56.7 Å². The molecule has 1 aromatic rings. The number of benzene rings is 1. The second kappa shape index (κ2) is 5.47. The van der Waals surface area contributed by atoms with Crippen molar-refractivity contribution in [3.63, 3.8) is 0 Å². The highest BCUT2D eigenvalue weighted by molar-refractivity contribution is 6.00. The lowest BCUT2D eigenvalue weighted by Crippen LogP contribution is -2.46. The highest BCUT2D eigenvalue weighted by atomic mass is 16.2. The van der Waals surface area contributed by atoms with E-state index in [0.29, 0.717) is 17.5 Å². The van der Waals surface area contributed by atoms with Crippen LogP contribution in [0.5, 0.6) is 0 Å². The Labute approximate surface area is 152 Å². The number of nitriles is 1. The van der Waals surface area contributed by atoms with E-state index in [2.05, 4.69) is 6.19 Å². The molecule has 1 aliphatic carbocycles. The molecule has 26 heavy (non-hydrogen) atoms. The van der Waals surface area contributed by atoms with Crippen LogP contribution in [0.2, 0.25) is 0 Å². The van der Waals surface area contributed by atoms with Gasteiger partial charge in [0.05, 0.1) is 0 Å². The average molecular weight is 350 g/mol. The van der Waals surface area contributed by atoms with Crippen LogP contribution in [0.1, 0.15) is 48.0 Å². The molecule has 2 saturated heterocycles. The minimum atomic E-state index is -0.438. The number of rotatable bonds is 3. The van der Waals surface area contributed by atoms with Gasteiger partial charge in [0.25, 0.3) is 0 Å². The van der Waals surface area contributed by atoms with Gasteiger partial charge in [-0.15, -0.1) is 0 Å². The van der Waals surface area contributed by atoms with E-state index in [1.54, 1.807) is 6.07 Å². The fraction of sp³-hybridized carbons (Fsp3) is 0.550. The van der Waals surface area contributed by atoms with Crippen molar-refractivity contribution in [2.75, 3.05) is 4.90 Å². The lowest BCUT2D eigenvalue weighted by atomic mass is 9.82. The molecule has 4 atom stereocenters. The molecule has 4 unspecified atom stereocenters. The first-order valence-electron chi connectivity index (χ1n) is 9.52. The minimum Gasteiger partial charge on any atom is -0.366 e. The predicted molar refractivity (Wildman–Crippen MR) is 95.0 cm³/mol. The molecule has 5 rings (SSSR count). The first kappa shape index (κ1) is 15.7. The SMILES string of the molecule is N#CN1C2CCC1C(C1Cc3cc(C(N)=O)ccc3N1C(=O)C1CC1)C2. The van der Waals surface area contributed by atoms with Crippen LogP contribution in [0, 0.1) is 23.3 Å². The number of anilines is 1. The van der Waals surface area contributed by atoms with E-state index in [0.717, 1.165) is 49.8 Å². The summed E-state index contributed by atoms with van der Waals surface area (Å²) in [5.41, 5.74) is 7.90. The second-order valence-electron chi connectivity index (χ2n) is 8.17. The Balaban J connectivity index is 1.52. The number of hydrogen-bond acceptors (Lipinski definition) is 4. The third-order valence-electron chi connectivity index (χ3n) is 6.74. The maximum Gasteiger partial charge on any atom is 0.248 e. The maximum atomic E-state index is 13.1. The number of fused-ring (bicyclic) bond motifs is 3. The molecule has 1 saturated carbocycles. The summed E-state index contributed by atoms with van der Waals surface area (Å²) < 4.78 is 0. The summed E-state index contributed by atoms with van der Waals surface area (Å²) in [6.07, 6.45) is 8.16. The normalized spacial score (nSPS) is 31.8. The van der Waals surface area contributed by atoms with Gasteiger partial charge in [-0.2, -0.15) is 5.26 Å². The van der Waals surface area contributed by atoms with Crippen LogP contribution >= 0.6 is 0 Å². The lowest BCUT2D eigenvalue weighted by Gasteiger charge is -2.34. The van der Waals surface area contributed by atoms with Crippen molar-refractivity contribution in [3.8, 4) is 6.19 Å². The van der Waals surface area contributed by atoms with Gasteiger partial charge in [0, 0.05) is 41.2 Å². The van der Waals surface area contributed by atoms with Crippen LogP contribution < -0.4 is 10.6 Å². The van der Waals surface area contributed by atoms with Crippen molar-refractivity contribution in [1.29, 1.82) is 5.26 Å². The fourth-order valence-electron chi connectivity index (χ4n) is 5.39. The van der Waals surface area contributed by atoms with Crippen LogP contribution in [-0.4, -0.2) is 34.8 Å².